The second-order valence-electron chi connectivity index (χ2n) is 9.87. The van der Waals surface area contributed by atoms with Gasteiger partial charge in [-0.3, -0.25) is 19.4 Å². The van der Waals surface area contributed by atoms with E-state index >= 15 is 0 Å². The van der Waals surface area contributed by atoms with Gasteiger partial charge in [-0.25, -0.2) is 0 Å². The number of hydrogen-bond donors (Lipinski definition) is 3. The van der Waals surface area contributed by atoms with E-state index in [9.17, 15) is 14.4 Å². The van der Waals surface area contributed by atoms with Crippen LogP contribution in [0.15, 0.2) is 36.5 Å². The molecule has 0 bridgehead atoms. The van der Waals surface area contributed by atoms with Crippen LogP contribution < -0.4 is 16.8 Å². The van der Waals surface area contributed by atoms with Crippen molar-refractivity contribution in [2.75, 3.05) is 5.73 Å². The average Bonchev–Trinajstić information content (AvgIpc) is 3.51. The SMILES string of the molecule is CCC(C)(C)NC(=O)[C@H](c1ccc2ncccc2c1)N(C(=O)c1snc(C(N)=O)c1N)C1CCCC1. The standard InChI is InChI=1S/C26H32N6O3S/c1-4-26(2,3)30-24(34)21(16-11-12-18-15(14-16)8-7-13-29-18)32(17-9-5-6-10-17)25(35)22-19(27)20(23(28)33)31-36-22/h7-8,11-14,17,21H,4-6,9-10,27H2,1-3H3,(H2,28,33)(H,30,34)/t21-/m0/s1. The Hall–Kier alpha value is -3.53. The predicted molar refractivity (Wildman–Crippen MR) is 140 cm³/mol. The van der Waals surface area contributed by atoms with Crippen molar-refractivity contribution < 1.29 is 14.4 Å². The zero-order valence-electron chi connectivity index (χ0n) is 20.8. The van der Waals surface area contributed by atoms with Crippen LogP contribution in [0.4, 0.5) is 5.69 Å². The highest BCUT2D eigenvalue weighted by molar-refractivity contribution is 7.09. The second kappa shape index (κ2) is 10.2. The average molecular weight is 509 g/mol. The summed E-state index contributed by atoms with van der Waals surface area (Å²) >= 11 is 0.835. The summed E-state index contributed by atoms with van der Waals surface area (Å²) in [6.45, 7) is 5.91. The third kappa shape index (κ3) is 5.04. The minimum Gasteiger partial charge on any atom is -0.395 e. The van der Waals surface area contributed by atoms with Crippen molar-refractivity contribution in [2.45, 2.75) is 70.5 Å². The summed E-state index contributed by atoms with van der Waals surface area (Å²) in [5.74, 6) is -1.50. The molecule has 0 saturated heterocycles. The zero-order chi connectivity index (χ0) is 26.0. The van der Waals surface area contributed by atoms with E-state index < -0.39 is 23.4 Å². The first-order valence-electron chi connectivity index (χ1n) is 12.2. The highest BCUT2D eigenvalue weighted by Crippen LogP contribution is 2.36. The number of aromatic nitrogens is 2. The van der Waals surface area contributed by atoms with Crippen LogP contribution in [0.3, 0.4) is 0 Å². The first kappa shape index (κ1) is 25.6. The Labute approximate surface area is 214 Å². The third-order valence-electron chi connectivity index (χ3n) is 6.92. The monoisotopic (exact) mass is 508 g/mol. The fourth-order valence-electron chi connectivity index (χ4n) is 4.62. The Morgan fingerprint density at radius 3 is 2.58 bits per heavy atom. The van der Waals surface area contributed by atoms with Gasteiger partial charge in [0.25, 0.3) is 11.8 Å². The van der Waals surface area contributed by atoms with Gasteiger partial charge >= 0.3 is 0 Å². The van der Waals surface area contributed by atoms with E-state index in [4.69, 9.17) is 11.5 Å². The molecule has 9 nitrogen and oxygen atoms in total. The molecule has 2 heterocycles. The molecule has 0 aliphatic heterocycles. The van der Waals surface area contributed by atoms with Crippen LogP contribution in [0.5, 0.6) is 0 Å². The summed E-state index contributed by atoms with van der Waals surface area (Å²) in [5.41, 5.74) is 12.4. The lowest BCUT2D eigenvalue weighted by Crippen LogP contribution is -2.52. The van der Waals surface area contributed by atoms with Gasteiger partial charge in [0.05, 0.1) is 11.2 Å². The molecule has 5 N–H and O–H groups in total. The first-order chi connectivity index (χ1) is 17.1. The third-order valence-corrected chi connectivity index (χ3v) is 7.77. The van der Waals surface area contributed by atoms with Crippen LogP contribution in [-0.4, -0.2) is 43.6 Å². The molecule has 1 fully saturated rings. The molecule has 1 aliphatic carbocycles. The highest BCUT2D eigenvalue weighted by atomic mass is 32.1. The number of nitrogens with one attached hydrogen (secondary N) is 1. The number of nitrogens with zero attached hydrogens (tertiary/aromatic N) is 3. The zero-order valence-corrected chi connectivity index (χ0v) is 21.6. The number of hydrogen-bond acceptors (Lipinski definition) is 7. The molecule has 0 spiro atoms. The van der Waals surface area contributed by atoms with Gasteiger partial charge in [-0.2, -0.15) is 4.37 Å². The number of anilines is 1. The molecule has 4 rings (SSSR count). The van der Waals surface area contributed by atoms with Crippen LogP contribution >= 0.6 is 11.5 Å². The van der Waals surface area contributed by atoms with Crippen molar-refractivity contribution in [3.05, 3.63) is 52.7 Å². The van der Waals surface area contributed by atoms with Crippen LogP contribution in [0.1, 0.15) is 84.6 Å². The lowest BCUT2D eigenvalue weighted by atomic mass is 9.96. The summed E-state index contributed by atoms with van der Waals surface area (Å²) in [4.78, 5) is 45.9. The van der Waals surface area contributed by atoms with E-state index in [1.54, 1.807) is 11.1 Å². The number of carbonyl (C=O) groups excluding carboxylic acids is 3. The number of pyridine rings is 1. The number of carbonyl (C=O) groups is 3. The summed E-state index contributed by atoms with van der Waals surface area (Å²) in [7, 11) is 0. The van der Waals surface area contributed by atoms with Crippen molar-refractivity contribution >= 4 is 45.8 Å². The van der Waals surface area contributed by atoms with E-state index in [0.29, 0.717) is 12.0 Å². The van der Waals surface area contributed by atoms with Crippen molar-refractivity contribution in [3.63, 3.8) is 0 Å². The molecule has 1 aromatic carbocycles. The van der Waals surface area contributed by atoms with Crippen molar-refractivity contribution in [1.82, 2.24) is 19.6 Å². The summed E-state index contributed by atoms with van der Waals surface area (Å²) in [5, 5.41) is 4.00. The molecule has 1 atom stereocenters. The van der Waals surface area contributed by atoms with Crippen molar-refractivity contribution in [3.8, 4) is 0 Å². The molecule has 1 aliphatic rings. The molecule has 3 aromatic rings. The quantitative estimate of drug-likeness (QED) is 0.422. The molecule has 10 heteroatoms. The molecular weight excluding hydrogens is 476 g/mol. The maximum absolute atomic E-state index is 14.1. The van der Waals surface area contributed by atoms with Gasteiger partial charge in [0, 0.05) is 23.2 Å². The van der Waals surface area contributed by atoms with Gasteiger partial charge in [0.15, 0.2) is 5.69 Å². The normalized spacial score (nSPS) is 15.1. The molecule has 0 unspecified atom stereocenters. The Balaban J connectivity index is 1.86. The highest BCUT2D eigenvalue weighted by Gasteiger charge is 2.41. The van der Waals surface area contributed by atoms with Gasteiger partial charge in [0.2, 0.25) is 5.91 Å². The molecular formula is C26H32N6O3S. The van der Waals surface area contributed by atoms with Gasteiger partial charge in [-0.1, -0.05) is 31.9 Å². The number of fused-ring (bicyclic) bond motifs is 1. The Bertz CT molecular complexity index is 1300. The van der Waals surface area contributed by atoms with Gasteiger partial charge in [0.1, 0.15) is 10.9 Å². The van der Waals surface area contributed by atoms with Crippen molar-refractivity contribution in [1.29, 1.82) is 0 Å². The van der Waals surface area contributed by atoms with Gasteiger partial charge in [-0.05, 0) is 68.4 Å². The van der Waals surface area contributed by atoms with Crippen LogP contribution in [0.2, 0.25) is 0 Å². The number of primary amides is 1. The van der Waals surface area contributed by atoms with Gasteiger partial charge < -0.3 is 21.7 Å². The van der Waals surface area contributed by atoms with E-state index in [1.165, 1.54) is 0 Å². The summed E-state index contributed by atoms with van der Waals surface area (Å²) in [6.07, 6.45) is 5.87. The molecule has 1 saturated carbocycles. The maximum Gasteiger partial charge on any atom is 0.270 e. The van der Waals surface area contributed by atoms with Crippen LogP contribution in [-0.2, 0) is 4.79 Å². The number of rotatable bonds is 8. The Morgan fingerprint density at radius 2 is 1.94 bits per heavy atom. The molecule has 0 radical (unpaired) electrons. The lowest BCUT2D eigenvalue weighted by Gasteiger charge is -2.38. The smallest absolute Gasteiger partial charge is 0.270 e. The Morgan fingerprint density at radius 1 is 1.22 bits per heavy atom. The van der Waals surface area contributed by atoms with E-state index in [-0.39, 0.29) is 28.2 Å². The minimum absolute atomic E-state index is 0.0451. The van der Waals surface area contributed by atoms with E-state index in [1.807, 2.05) is 51.1 Å². The summed E-state index contributed by atoms with van der Waals surface area (Å²) in [6, 6.07) is 8.31. The van der Waals surface area contributed by atoms with E-state index in [2.05, 4.69) is 14.7 Å². The lowest BCUT2D eigenvalue weighted by molar-refractivity contribution is -0.128. The molecule has 2 aromatic heterocycles. The number of nitrogen functional groups attached to an aromatic ring is 1. The van der Waals surface area contributed by atoms with Crippen LogP contribution in [0.25, 0.3) is 10.9 Å². The second-order valence-corrected chi connectivity index (χ2v) is 10.6. The summed E-state index contributed by atoms with van der Waals surface area (Å²) < 4.78 is 4.02. The van der Waals surface area contributed by atoms with Gasteiger partial charge in [-0.15, -0.1) is 0 Å². The van der Waals surface area contributed by atoms with Crippen molar-refractivity contribution in [2.24, 2.45) is 5.73 Å². The molecule has 36 heavy (non-hydrogen) atoms. The first-order valence-corrected chi connectivity index (χ1v) is 12.9. The molecule has 190 valence electrons. The number of nitrogens with two attached hydrogens (primary N) is 2. The number of amides is 3. The molecule has 3 amide bonds. The maximum atomic E-state index is 14.1. The van der Waals surface area contributed by atoms with E-state index in [0.717, 1.165) is 48.1 Å². The fourth-order valence-corrected chi connectivity index (χ4v) is 5.36. The minimum atomic E-state index is -0.908. The Kier molecular flexibility index (Phi) is 7.26. The fraction of sp³-hybridized carbons (Fsp3) is 0.423. The number of benzene rings is 1. The topological polar surface area (TPSA) is 144 Å². The predicted octanol–water partition coefficient (Wildman–Crippen LogP) is 3.80. The van der Waals surface area contributed by atoms with Crippen LogP contribution in [0, 0.1) is 0 Å². The largest absolute Gasteiger partial charge is 0.395 e.